The van der Waals surface area contributed by atoms with Crippen LogP contribution in [0.5, 0.6) is 0 Å². The van der Waals surface area contributed by atoms with E-state index in [0.717, 1.165) is 38.5 Å². The average molecular weight is 282 g/mol. The Morgan fingerprint density at radius 1 is 1.00 bits per heavy atom. The van der Waals surface area contributed by atoms with Gasteiger partial charge in [-0.3, -0.25) is 9.80 Å². The summed E-state index contributed by atoms with van der Waals surface area (Å²) in [5, 5.41) is 10.4. The van der Waals surface area contributed by atoms with Crippen LogP contribution in [0.15, 0.2) is 0 Å². The van der Waals surface area contributed by atoms with Crippen LogP contribution in [0, 0.1) is 11.3 Å². The SMILES string of the molecule is CC(C)N1CCN(C2CC(C(C)(C)C)CCC2O)CC1. The molecular weight excluding hydrogens is 248 g/mol. The van der Waals surface area contributed by atoms with Crippen molar-refractivity contribution in [2.75, 3.05) is 26.2 Å². The molecule has 3 heteroatoms. The number of rotatable bonds is 2. The molecule has 1 N–H and O–H groups in total. The van der Waals surface area contributed by atoms with Crippen LogP contribution in [0.1, 0.15) is 53.9 Å². The van der Waals surface area contributed by atoms with Gasteiger partial charge in [0.05, 0.1) is 6.10 Å². The second-order valence-electron chi connectivity index (χ2n) is 8.18. The lowest BCUT2D eigenvalue weighted by Crippen LogP contribution is -2.56. The molecule has 3 nitrogen and oxygen atoms in total. The van der Waals surface area contributed by atoms with Crippen molar-refractivity contribution < 1.29 is 5.11 Å². The second-order valence-corrected chi connectivity index (χ2v) is 8.18. The van der Waals surface area contributed by atoms with Gasteiger partial charge < -0.3 is 5.11 Å². The summed E-state index contributed by atoms with van der Waals surface area (Å²) >= 11 is 0. The Bertz CT molecular complexity index is 303. The summed E-state index contributed by atoms with van der Waals surface area (Å²) in [5.41, 5.74) is 0.373. The monoisotopic (exact) mass is 282 g/mol. The van der Waals surface area contributed by atoms with Crippen LogP contribution in [-0.2, 0) is 0 Å². The summed E-state index contributed by atoms with van der Waals surface area (Å²) < 4.78 is 0. The van der Waals surface area contributed by atoms with E-state index in [1.165, 1.54) is 12.8 Å². The van der Waals surface area contributed by atoms with Crippen LogP contribution in [-0.4, -0.2) is 59.3 Å². The molecule has 2 rings (SSSR count). The van der Waals surface area contributed by atoms with Crippen molar-refractivity contribution in [3.63, 3.8) is 0 Å². The third-order valence-electron chi connectivity index (χ3n) is 5.55. The highest BCUT2D eigenvalue weighted by Crippen LogP contribution is 2.39. The summed E-state index contributed by atoms with van der Waals surface area (Å²) in [6, 6.07) is 1.04. The van der Waals surface area contributed by atoms with Crippen LogP contribution in [0.4, 0.5) is 0 Å². The van der Waals surface area contributed by atoms with Crippen LogP contribution in [0.25, 0.3) is 0 Å². The minimum Gasteiger partial charge on any atom is -0.391 e. The van der Waals surface area contributed by atoms with Gasteiger partial charge in [0.1, 0.15) is 0 Å². The number of aliphatic hydroxyl groups is 1. The summed E-state index contributed by atoms with van der Waals surface area (Å²) in [6.45, 7) is 16.2. The van der Waals surface area contributed by atoms with Gasteiger partial charge in [-0.05, 0) is 44.4 Å². The average Bonchev–Trinajstić information content (AvgIpc) is 2.38. The summed E-state index contributed by atoms with van der Waals surface area (Å²) in [5.74, 6) is 0.749. The third-order valence-corrected chi connectivity index (χ3v) is 5.55. The maximum absolute atomic E-state index is 10.4. The molecule has 20 heavy (non-hydrogen) atoms. The maximum Gasteiger partial charge on any atom is 0.0695 e. The molecule has 1 heterocycles. The van der Waals surface area contributed by atoms with Crippen molar-refractivity contribution in [2.24, 2.45) is 11.3 Å². The molecule has 1 saturated heterocycles. The summed E-state index contributed by atoms with van der Waals surface area (Å²) in [7, 11) is 0. The molecule has 3 atom stereocenters. The molecule has 0 aromatic rings. The minimum absolute atomic E-state index is 0.112. The minimum atomic E-state index is -0.112. The lowest BCUT2D eigenvalue weighted by Gasteiger charge is -2.47. The molecule has 1 aliphatic carbocycles. The van der Waals surface area contributed by atoms with Gasteiger partial charge in [0.25, 0.3) is 0 Å². The predicted molar refractivity (Wildman–Crippen MR) is 84.9 cm³/mol. The molecule has 0 aromatic heterocycles. The Morgan fingerprint density at radius 2 is 1.60 bits per heavy atom. The molecule has 1 aliphatic heterocycles. The standard InChI is InChI=1S/C17H34N2O/c1-13(2)18-8-10-19(11-9-18)15-12-14(17(3,4)5)6-7-16(15)20/h13-16,20H,6-12H2,1-5H3. The second kappa shape index (κ2) is 6.33. The van der Waals surface area contributed by atoms with Crippen molar-refractivity contribution in [1.82, 2.24) is 9.80 Å². The molecule has 0 bridgehead atoms. The molecule has 2 fully saturated rings. The first kappa shape index (κ1) is 16.3. The van der Waals surface area contributed by atoms with Crippen molar-refractivity contribution in [3.05, 3.63) is 0 Å². The van der Waals surface area contributed by atoms with Gasteiger partial charge in [0, 0.05) is 38.3 Å². The van der Waals surface area contributed by atoms with E-state index in [1.54, 1.807) is 0 Å². The Hall–Kier alpha value is -0.120. The van der Waals surface area contributed by atoms with E-state index in [1.807, 2.05) is 0 Å². The smallest absolute Gasteiger partial charge is 0.0695 e. The summed E-state index contributed by atoms with van der Waals surface area (Å²) in [4.78, 5) is 5.11. The van der Waals surface area contributed by atoms with Crippen molar-refractivity contribution in [1.29, 1.82) is 0 Å². The van der Waals surface area contributed by atoms with Gasteiger partial charge in [0.2, 0.25) is 0 Å². The van der Waals surface area contributed by atoms with Crippen molar-refractivity contribution in [3.8, 4) is 0 Å². The highest BCUT2D eigenvalue weighted by molar-refractivity contribution is 4.92. The van der Waals surface area contributed by atoms with E-state index in [9.17, 15) is 5.11 Å². The molecule has 1 saturated carbocycles. The topological polar surface area (TPSA) is 26.7 Å². The molecule has 3 unspecified atom stereocenters. The third kappa shape index (κ3) is 3.75. The van der Waals surface area contributed by atoms with Crippen LogP contribution < -0.4 is 0 Å². The molecule has 0 radical (unpaired) electrons. The zero-order valence-corrected chi connectivity index (χ0v) is 14.1. The number of hydrogen-bond donors (Lipinski definition) is 1. The largest absolute Gasteiger partial charge is 0.391 e. The van der Waals surface area contributed by atoms with Gasteiger partial charge >= 0.3 is 0 Å². The van der Waals surface area contributed by atoms with E-state index < -0.39 is 0 Å². The number of piperazine rings is 1. The quantitative estimate of drug-likeness (QED) is 0.843. The van der Waals surface area contributed by atoms with E-state index in [4.69, 9.17) is 0 Å². The Labute approximate surface area is 125 Å². The number of nitrogens with zero attached hydrogens (tertiary/aromatic N) is 2. The van der Waals surface area contributed by atoms with Crippen LogP contribution in [0.2, 0.25) is 0 Å². The molecule has 0 amide bonds. The van der Waals surface area contributed by atoms with E-state index in [0.29, 0.717) is 17.5 Å². The highest BCUT2D eigenvalue weighted by atomic mass is 16.3. The fourth-order valence-corrected chi connectivity index (χ4v) is 3.90. The molecule has 0 aromatic carbocycles. The van der Waals surface area contributed by atoms with Crippen LogP contribution >= 0.6 is 0 Å². The van der Waals surface area contributed by atoms with Crippen molar-refractivity contribution in [2.45, 2.75) is 72.1 Å². The van der Waals surface area contributed by atoms with E-state index in [2.05, 4.69) is 44.4 Å². The highest BCUT2D eigenvalue weighted by Gasteiger charge is 2.38. The van der Waals surface area contributed by atoms with Gasteiger partial charge in [-0.15, -0.1) is 0 Å². The predicted octanol–water partition coefficient (Wildman–Crippen LogP) is 2.59. The fraction of sp³-hybridized carbons (Fsp3) is 1.00. The Morgan fingerprint density at radius 3 is 2.10 bits per heavy atom. The van der Waals surface area contributed by atoms with Crippen LogP contribution in [0.3, 0.4) is 0 Å². The lowest BCUT2D eigenvalue weighted by atomic mass is 9.70. The lowest BCUT2D eigenvalue weighted by molar-refractivity contribution is -0.0359. The van der Waals surface area contributed by atoms with Gasteiger partial charge in [-0.2, -0.15) is 0 Å². The summed E-state index contributed by atoms with van der Waals surface area (Å²) in [6.07, 6.45) is 3.23. The first-order chi connectivity index (χ1) is 9.29. The van der Waals surface area contributed by atoms with Gasteiger partial charge in [-0.25, -0.2) is 0 Å². The molecular formula is C17H34N2O. The normalized spacial score (nSPS) is 34.6. The first-order valence-electron chi connectivity index (χ1n) is 8.45. The maximum atomic E-state index is 10.4. The number of aliphatic hydroxyl groups excluding tert-OH is 1. The van der Waals surface area contributed by atoms with Crippen molar-refractivity contribution >= 4 is 0 Å². The van der Waals surface area contributed by atoms with E-state index in [-0.39, 0.29) is 6.10 Å². The molecule has 2 aliphatic rings. The zero-order valence-electron chi connectivity index (χ0n) is 14.1. The molecule has 0 spiro atoms. The van der Waals surface area contributed by atoms with E-state index >= 15 is 0 Å². The van der Waals surface area contributed by atoms with Gasteiger partial charge in [-0.1, -0.05) is 20.8 Å². The fourth-order valence-electron chi connectivity index (χ4n) is 3.90. The van der Waals surface area contributed by atoms with Gasteiger partial charge in [0.15, 0.2) is 0 Å². The molecule has 118 valence electrons. The first-order valence-corrected chi connectivity index (χ1v) is 8.45. The Kier molecular flexibility index (Phi) is 5.14. The zero-order chi connectivity index (χ0) is 14.9. The Balaban J connectivity index is 1.94. The number of hydrogen-bond acceptors (Lipinski definition) is 3.